The first-order valence-electron chi connectivity index (χ1n) is 6.72. The topological polar surface area (TPSA) is 112 Å². The van der Waals surface area contributed by atoms with Gasteiger partial charge >= 0.3 is 18.2 Å². The molecule has 8 nitrogen and oxygen atoms in total. The second-order valence-electron chi connectivity index (χ2n) is 5.07. The Morgan fingerprint density at radius 2 is 2.04 bits per heavy atom. The molecule has 0 aromatic carbocycles. The molecule has 3 amide bonds. The van der Waals surface area contributed by atoms with Crippen LogP contribution in [-0.2, 0) is 4.79 Å². The fourth-order valence-electron chi connectivity index (χ4n) is 2.21. The van der Waals surface area contributed by atoms with Crippen LogP contribution < -0.4 is 10.6 Å². The Kier molecular flexibility index (Phi) is 4.96. The Balaban J connectivity index is 2.01. The van der Waals surface area contributed by atoms with E-state index in [4.69, 9.17) is 5.11 Å². The van der Waals surface area contributed by atoms with Crippen molar-refractivity contribution in [2.45, 2.75) is 25.6 Å². The molecule has 0 aliphatic carbocycles. The Hall–Kier alpha value is -2.37. The molecule has 0 radical (unpaired) electrons. The van der Waals surface area contributed by atoms with Crippen molar-refractivity contribution in [2.75, 3.05) is 18.4 Å². The van der Waals surface area contributed by atoms with Gasteiger partial charge < -0.3 is 15.3 Å². The summed E-state index contributed by atoms with van der Waals surface area (Å²) in [6.07, 6.45) is -6.09. The lowest BCUT2D eigenvalue weighted by atomic mass is 10.2. The summed E-state index contributed by atoms with van der Waals surface area (Å²) < 4.78 is 36.7. The molecule has 2 rings (SSSR count). The first-order valence-corrected chi connectivity index (χ1v) is 7.54. The highest BCUT2D eigenvalue weighted by Gasteiger charge is 2.41. The number of carboxylic acid groups (broad SMARTS) is 1. The number of amides is 3. The summed E-state index contributed by atoms with van der Waals surface area (Å²) in [6.45, 7) is 1.65. The lowest BCUT2D eigenvalue weighted by Crippen LogP contribution is -2.44. The van der Waals surface area contributed by atoms with Gasteiger partial charge in [-0.15, -0.1) is 0 Å². The van der Waals surface area contributed by atoms with Gasteiger partial charge in [0.1, 0.15) is 4.88 Å². The molecule has 0 saturated carbocycles. The average Bonchev–Trinajstić information content (AvgIpc) is 3.03. The number of alkyl halides is 3. The zero-order chi connectivity index (χ0) is 18.1. The molecule has 1 aliphatic rings. The highest BCUT2D eigenvalue weighted by atomic mass is 32.1. The summed E-state index contributed by atoms with van der Waals surface area (Å²) >= 11 is 0.841. The average molecular weight is 366 g/mol. The molecule has 1 unspecified atom stereocenters. The van der Waals surface area contributed by atoms with E-state index in [-0.39, 0.29) is 29.5 Å². The highest BCUT2D eigenvalue weighted by molar-refractivity contribution is 7.17. The van der Waals surface area contributed by atoms with E-state index >= 15 is 0 Å². The van der Waals surface area contributed by atoms with Gasteiger partial charge in [-0.05, 0) is 13.3 Å². The molecule has 24 heavy (non-hydrogen) atoms. The number of aromatic nitrogens is 1. The van der Waals surface area contributed by atoms with Crippen LogP contribution >= 0.6 is 11.3 Å². The van der Waals surface area contributed by atoms with Gasteiger partial charge in [-0.3, -0.25) is 14.9 Å². The molecule has 2 heterocycles. The molecule has 1 aromatic heterocycles. The summed E-state index contributed by atoms with van der Waals surface area (Å²) in [6, 6.07) is -0.784. The van der Waals surface area contributed by atoms with E-state index in [1.165, 1.54) is 11.8 Å². The molecule has 1 atom stereocenters. The standard InChI is InChI=1S/C12H13F3N4O4S/c1-5-7(24-10(16-5)18-11(22)23)8(20)19-3-2-6(4-19)17-9(21)12(13,14)15/h6H,2-4H2,1H3,(H,16,18)(H,17,21)(H,22,23). The van der Waals surface area contributed by atoms with Gasteiger partial charge in [0.15, 0.2) is 5.13 Å². The molecule has 0 bridgehead atoms. The Morgan fingerprint density at radius 1 is 1.38 bits per heavy atom. The summed E-state index contributed by atoms with van der Waals surface area (Å²) in [5.74, 6) is -2.50. The number of nitrogens with zero attached hydrogens (tertiary/aromatic N) is 2. The largest absolute Gasteiger partial charge is 0.471 e. The van der Waals surface area contributed by atoms with E-state index in [1.807, 2.05) is 10.6 Å². The molecule has 12 heteroatoms. The van der Waals surface area contributed by atoms with Crippen molar-refractivity contribution in [1.29, 1.82) is 0 Å². The van der Waals surface area contributed by atoms with Crippen molar-refractivity contribution in [3.05, 3.63) is 10.6 Å². The number of hydrogen-bond donors (Lipinski definition) is 3. The van der Waals surface area contributed by atoms with Gasteiger partial charge in [-0.1, -0.05) is 11.3 Å². The molecule has 1 fully saturated rings. The molecule has 3 N–H and O–H groups in total. The third-order valence-corrected chi connectivity index (χ3v) is 4.33. The quantitative estimate of drug-likeness (QED) is 0.749. The number of aryl methyl sites for hydroxylation is 1. The summed E-state index contributed by atoms with van der Waals surface area (Å²) in [4.78, 5) is 39.3. The number of halogens is 3. The van der Waals surface area contributed by atoms with Crippen molar-refractivity contribution in [2.24, 2.45) is 0 Å². The summed E-state index contributed by atoms with van der Waals surface area (Å²) in [5, 5.41) is 12.5. The molecule has 1 aliphatic heterocycles. The van der Waals surface area contributed by atoms with Gasteiger partial charge in [-0.2, -0.15) is 13.2 Å². The minimum atomic E-state index is -4.97. The van der Waals surface area contributed by atoms with Crippen molar-refractivity contribution >= 4 is 34.4 Å². The number of rotatable bonds is 3. The molecule has 1 aromatic rings. The predicted octanol–water partition coefficient (Wildman–Crippen LogP) is 1.43. The zero-order valence-corrected chi connectivity index (χ0v) is 13.1. The second kappa shape index (κ2) is 6.63. The number of hydrogen-bond acceptors (Lipinski definition) is 5. The van der Waals surface area contributed by atoms with Crippen molar-refractivity contribution in [3.63, 3.8) is 0 Å². The third kappa shape index (κ3) is 4.13. The smallest absolute Gasteiger partial charge is 0.465 e. The number of carbonyl (C=O) groups is 3. The molecule has 1 saturated heterocycles. The highest BCUT2D eigenvalue weighted by Crippen LogP contribution is 2.26. The third-order valence-electron chi connectivity index (χ3n) is 3.27. The van der Waals surface area contributed by atoms with E-state index in [9.17, 15) is 27.6 Å². The zero-order valence-electron chi connectivity index (χ0n) is 12.3. The fraction of sp³-hybridized carbons (Fsp3) is 0.500. The number of nitrogens with one attached hydrogen (secondary N) is 2. The lowest BCUT2D eigenvalue weighted by Gasteiger charge is -2.17. The van der Waals surface area contributed by atoms with Crippen molar-refractivity contribution in [3.8, 4) is 0 Å². The number of thiazole rings is 1. The van der Waals surface area contributed by atoms with Crippen LogP contribution in [-0.4, -0.2) is 58.2 Å². The van der Waals surface area contributed by atoms with Crippen LogP contribution in [0.3, 0.4) is 0 Å². The van der Waals surface area contributed by atoms with Crippen molar-refractivity contribution < 1.29 is 32.7 Å². The van der Waals surface area contributed by atoms with E-state index in [0.29, 0.717) is 5.69 Å². The Morgan fingerprint density at radius 3 is 2.62 bits per heavy atom. The minimum Gasteiger partial charge on any atom is -0.465 e. The van der Waals surface area contributed by atoms with Crippen LogP contribution in [0, 0.1) is 6.92 Å². The molecule has 0 spiro atoms. The van der Waals surface area contributed by atoms with Crippen LogP contribution in [0.15, 0.2) is 0 Å². The fourth-order valence-corrected chi connectivity index (χ4v) is 3.14. The number of anilines is 1. The molecular weight excluding hydrogens is 353 g/mol. The van der Waals surface area contributed by atoms with Gasteiger partial charge in [0.25, 0.3) is 5.91 Å². The van der Waals surface area contributed by atoms with E-state index in [0.717, 1.165) is 11.3 Å². The second-order valence-corrected chi connectivity index (χ2v) is 6.07. The first kappa shape index (κ1) is 18.0. The number of likely N-dealkylation sites (tertiary alicyclic amines) is 1. The maximum Gasteiger partial charge on any atom is 0.471 e. The van der Waals surface area contributed by atoms with Crippen molar-refractivity contribution in [1.82, 2.24) is 15.2 Å². The Bertz CT molecular complexity index is 676. The van der Waals surface area contributed by atoms with Crippen LogP contribution in [0.25, 0.3) is 0 Å². The van der Waals surface area contributed by atoms with Gasteiger partial charge in [-0.25, -0.2) is 9.78 Å². The Labute approximate surface area is 137 Å². The minimum absolute atomic E-state index is 0.0319. The normalized spacial score (nSPS) is 17.7. The summed E-state index contributed by atoms with van der Waals surface area (Å²) in [5.41, 5.74) is 0.316. The van der Waals surface area contributed by atoms with Gasteiger partial charge in [0.2, 0.25) is 0 Å². The van der Waals surface area contributed by atoms with E-state index in [1.54, 1.807) is 0 Å². The van der Waals surface area contributed by atoms with Crippen LogP contribution in [0.2, 0.25) is 0 Å². The molecule has 132 valence electrons. The lowest BCUT2D eigenvalue weighted by molar-refractivity contribution is -0.174. The van der Waals surface area contributed by atoms with Crippen LogP contribution in [0.4, 0.5) is 23.1 Å². The van der Waals surface area contributed by atoms with Gasteiger partial charge in [0.05, 0.1) is 5.69 Å². The SMILES string of the molecule is Cc1nc(NC(=O)O)sc1C(=O)N1CCC(NC(=O)C(F)(F)F)C1. The molecular formula is C12H13F3N4O4S. The first-order chi connectivity index (χ1) is 11.1. The summed E-state index contributed by atoms with van der Waals surface area (Å²) in [7, 11) is 0. The monoisotopic (exact) mass is 366 g/mol. The maximum atomic E-state index is 12.4. The van der Waals surface area contributed by atoms with Crippen LogP contribution in [0.1, 0.15) is 21.8 Å². The number of carbonyl (C=O) groups excluding carboxylic acids is 2. The van der Waals surface area contributed by atoms with E-state index < -0.39 is 30.1 Å². The maximum absolute atomic E-state index is 12.4. The van der Waals surface area contributed by atoms with E-state index in [2.05, 4.69) is 4.98 Å². The predicted molar refractivity (Wildman–Crippen MR) is 77.0 cm³/mol. The van der Waals surface area contributed by atoms with Gasteiger partial charge in [0, 0.05) is 19.1 Å². The van der Waals surface area contributed by atoms with Crippen LogP contribution in [0.5, 0.6) is 0 Å².